The van der Waals surface area contributed by atoms with Gasteiger partial charge >= 0.3 is 0 Å². The molecule has 0 bridgehead atoms. The molecule has 18 heavy (non-hydrogen) atoms. The zero-order valence-corrected chi connectivity index (χ0v) is 13.2. The van der Waals surface area contributed by atoms with Gasteiger partial charge in [0.1, 0.15) is 0 Å². The summed E-state index contributed by atoms with van der Waals surface area (Å²) in [6.45, 7) is 0. The van der Waals surface area contributed by atoms with Gasteiger partial charge in [-0.25, -0.2) is 4.99 Å². The molecule has 0 N–H and O–H groups in total. The third-order valence-electron chi connectivity index (χ3n) is 2.95. The Labute approximate surface area is 121 Å². The van der Waals surface area contributed by atoms with Gasteiger partial charge in [-0.3, -0.25) is 0 Å². The van der Waals surface area contributed by atoms with Gasteiger partial charge < -0.3 is 4.90 Å². The molecule has 2 aromatic carbocycles. The lowest BCUT2D eigenvalue weighted by atomic mass is 10.2. The van der Waals surface area contributed by atoms with E-state index < -0.39 is 0 Å². The van der Waals surface area contributed by atoms with E-state index in [0.29, 0.717) is 0 Å². The van der Waals surface area contributed by atoms with Crippen molar-refractivity contribution in [2.24, 2.45) is 4.99 Å². The molecular formula is C14H13IN2S. The molecule has 92 valence electrons. The van der Waals surface area contributed by atoms with Gasteiger partial charge in [0.2, 0.25) is 0 Å². The maximum atomic E-state index is 4.74. The first-order valence-electron chi connectivity index (χ1n) is 5.69. The molecule has 0 radical (unpaired) electrons. The number of para-hydroxylation sites is 1. The van der Waals surface area contributed by atoms with Gasteiger partial charge in [0.05, 0.1) is 11.0 Å². The molecule has 0 fully saturated rings. The van der Waals surface area contributed by atoms with Crippen molar-refractivity contribution in [3.05, 3.63) is 52.3 Å². The van der Waals surface area contributed by atoms with Gasteiger partial charge in [0.15, 0.2) is 0 Å². The largest absolute Gasteiger partial charge is 0.378 e. The maximum absolute atomic E-state index is 4.74. The molecule has 1 aliphatic heterocycles. The summed E-state index contributed by atoms with van der Waals surface area (Å²) in [6, 6.07) is 14.9. The number of anilines is 1. The SMILES string of the molecule is CN(C)c1ccc2c(c1)S(I)=c1ccccc1=N2. The quantitative estimate of drug-likeness (QED) is 0.550. The number of benzene rings is 2. The topological polar surface area (TPSA) is 15.6 Å². The molecule has 0 aromatic heterocycles. The minimum absolute atomic E-state index is 0.0827. The number of fused-ring (bicyclic) bond motifs is 2. The molecule has 0 saturated heterocycles. The lowest BCUT2D eigenvalue weighted by Gasteiger charge is -2.17. The Balaban J connectivity index is 2.32. The molecule has 1 heterocycles. The van der Waals surface area contributed by atoms with Gasteiger partial charge in [-0.05, 0) is 51.5 Å². The number of hydrogen-bond acceptors (Lipinski definition) is 2. The predicted molar refractivity (Wildman–Crippen MR) is 86.7 cm³/mol. The molecule has 2 aromatic rings. The van der Waals surface area contributed by atoms with Crippen LogP contribution in [0.3, 0.4) is 0 Å². The van der Waals surface area contributed by atoms with Crippen molar-refractivity contribution < 1.29 is 0 Å². The van der Waals surface area contributed by atoms with Crippen LogP contribution in [0.4, 0.5) is 11.4 Å². The number of halogens is 1. The van der Waals surface area contributed by atoms with E-state index in [9.17, 15) is 0 Å². The molecule has 3 rings (SSSR count). The molecule has 1 aliphatic rings. The molecule has 0 aliphatic carbocycles. The van der Waals surface area contributed by atoms with Crippen molar-refractivity contribution in [3.63, 3.8) is 0 Å². The highest BCUT2D eigenvalue weighted by Gasteiger charge is 2.11. The lowest BCUT2D eigenvalue weighted by Crippen LogP contribution is -2.09. The average molecular weight is 368 g/mol. The van der Waals surface area contributed by atoms with Crippen molar-refractivity contribution in [3.8, 4) is 0 Å². The Kier molecular flexibility index (Phi) is 3.15. The highest BCUT2D eigenvalue weighted by atomic mass is 127. The van der Waals surface area contributed by atoms with E-state index in [4.69, 9.17) is 4.99 Å². The van der Waals surface area contributed by atoms with E-state index in [-0.39, 0.29) is 7.66 Å². The summed E-state index contributed by atoms with van der Waals surface area (Å²) in [7, 11) is 4.22. The highest BCUT2D eigenvalue weighted by molar-refractivity contribution is 14.2. The third kappa shape index (κ3) is 1.97. The summed E-state index contributed by atoms with van der Waals surface area (Å²) in [6.07, 6.45) is 0. The van der Waals surface area contributed by atoms with Gasteiger partial charge in [-0.2, -0.15) is 0 Å². The van der Waals surface area contributed by atoms with Gasteiger partial charge in [0, 0.05) is 29.2 Å². The van der Waals surface area contributed by atoms with Gasteiger partial charge in [0.25, 0.3) is 0 Å². The van der Waals surface area contributed by atoms with E-state index in [1.54, 1.807) is 0 Å². The van der Waals surface area contributed by atoms with Crippen LogP contribution in [0.25, 0.3) is 0 Å². The summed E-state index contributed by atoms with van der Waals surface area (Å²) in [4.78, 5) is 8.21. The van der Waals surface area contributed by atoms with E-state index in [2.05, 4.69) is 82.7 Å². The van der Waals surface area contributed by atoms with Crippen LogP contribution in [-0.4, -0.2) is 14.1 Å². The summed E-state index contributed by atoms with van der Waals surface area (Å²) in [5.41, 5.74) is 2.34. The Morgan fingerprint density at radius 3 is 2.67 bits per heavy atom. The van der Waals surface area contributed by atoms with Gasteiger partial charge in [-0.1, -0.05) is 19.8 Å². The molecule has 1 atom stereocenters. The maximum Gasteiger partial charge on any atom is 0.0777 e. The minimum Gasteiger partial charge on any atom is -0.378 e. The molecule has 1 unspecified atom stereocenters. The Morgan fingerprint density at radius 1 is 1.11 bits per heavy atom. The highest BCUT2D eigenvalue weighted by Crippen LogP contribution is 2.45. The summed E-state index contributed by atoms with van der Waals surface area (Å²) in [5, 5.41) is 1.11. The summed E-state index contributed by atoms with van der Waals surface area (Å²) in [5.74, 6) is 0. The van der Waals surface area contributed by atoms with E-state index >= 15 is 0 Å². The van der Waals surface area contributed by atoms with E-state index in [1.165, 1.54) is 15.1 Å². The fourth-order valence-electron chi connectivity index (χ4n) is 1.97. The second-order valence-corrected chi connectivity index (χ2v) is 8.42. The Bertz CT molecular complexity index is 738. The smallest absolute Gasteiger partial charge is 0.0777 e. The third-order valence-corrected chi connectivity index (χ3v) is 7.24. The minimum atomic E-state index is 0.0827. The molecule has 4 heteroatoms. The summed E-state index contributed by atoms with van der Waals surface area (Å²) < 4.78 is 1.33. The zero-order chi connectivity index (χ0) is 12.7. The second kappa shape index (κ2) is 4.66. The number of rotatable bonds is 1. The van der Waals surface area contributed by atoms with Crippen LogP contribution in [0.2, 0.25) is 0 Å². The van der Waals surface area contributed by atoms with Crippen LogP contribution < -0.4 is 10.3 Å². The van der Waals surface area contributed by atoms with E-state index in [0.717, 1.165) is 11.0 Å². The standard InChI is InChI=1S/C14H13IN2S/c1-17(2)10-7-8-12-14(9-10)18(15)13-6-4-3-5-11(13)16-12/h3-9H,1-2H3. The monoisotopic (exact) mass is 368 g/mol. The number of nitrogens with zero attached hydrogens (tertiary/aromatic N) is 2. The predicted octanol–water partition coefficient (Wildman–Crippen LogP) is 3.95. The van der Waals surface area contributed by atoms with Gasteiger partial charge in [-0.15, -0.1) is 0 Å². The molecule has 0 amide bonds. The first kappa shape index (κ1) is 12.2. The Morgan fingerprint density at radius 2 is 1.89 bits per heavy atom. The summed E-state index contributed by atoms with van der Waals surface area (Å²) >= 11 is 2.53. The molecule has 0 saturated carbocycles. The fourth-order valence-corrected chi connectivity index (χ4v) is 5.40. The van der Waals surface area contributed by atoms with Crippen LogP contribution in [0.15, 0.2) is 52.4 Å². The van der Waals surface area contributed by atoms with Crippen LogP contribution in [0.5, 0.6) is 0 Å². The van der Waals surface area contributed by atoms with Crippen LogP contribution in [-0.2, 0) is 0 Å². The molecule has 0 spiro atoms. The van der Waals surface area contributed by atoms with Crippen LogP contribution in [0.1, 0.15) is 0 Å². The average Bonchev–Trinajstić information content (AvgIpc) is 2.38. The van der Waals surface area contributed by atoms with Crippen molar-refractivity contribution in [1.29, 1.82) is 0 Å². The Hall–Kier alpha value is -0.880. The van der Waals surface area contributed by atoms with E-state index in [1.807, 2.05) is 0 Å². The van der Waals surface area contributed by atoms with Crippen molar-refractivity contribution in [2.45, 2.75) is 4.90 Å². The second-order valence-electron chi connectivity index (χ2n) is 4.38. The first-order chi connectivity index (χ1) is 8.66. The normalized spacial score (nSPS) is 16.5. The van der Waals surface area contributed by atoms with Crippen molar-refractivity contribution in [2.75, 3.05) is 19.0 Å². The van der Waals surface area contributed by atoms with Crippen molar-refractivity contribution in [1.82, 2.24) is 0 Å². The first-order valence-corrected chi connectivity index (χ1v) is 9.46. The fraction of sp³-hybridized carbons (Fsp3) is 0.143. The van der Waals surface area contributed by atoms with Crippen LogP contribution in [0, 0.1) is 4.51 Å². The number of hydrogen-bond donors (Lipinski definition) is 0. The lowest BCUT2D eigenvalue weighted by molar-refractivity contribution is 1.12. The zero-order valence-electron chi connectivity index (χ0n) is 10.2. The van der Waals surface area contributed by atoms with Crippen LogP contribution >= 0.6 is 28.9 Å². The van der Waals surface area contributed by atoms with Crippen molar-refractivity contribution >= 4 is 40.2 Å². The molecular weight excluding hydrogens is 355 g/mol. The molecule has 2 nitrogen and oxygen atoms in total.